The Hall–Kier alpha value is -4.13. The van der Waals surface area contributed by atoms with Crippen LogP contribution in [0.5, 0.6) is 5.75 Å². The van der Waals surface area contributed by atoms with Crippen LogP contribution in [-0.2, 0) is 16.2 Å². The molecule has 4 aromatic rings. The summed E-state index contributed by atoms with van der Waals surface area (Å²) in [4.78, 5) is 40.3. The molecule has 4 amide bonds. The molecule has 0 aromatic heterocycles. The van der Waals surface area contributed by atoms with Gasteiger partial charge in [-0.25, -0.2) is 9.69 Å². The molecule has 1 N–H and O–H groups in total. The molecule has 38 heavy (non-hydrogen) atoms. The topological polar surface area (TPSA) is 75.7 Å². The molecule has 5 rings (SSSR count). The maximum absolute atomic E-state index is 13.6. The number of imide groups is 2. The van der Waals surface area contributed by atoms with Crippen molar-refractivity contribution in [2.24, 2.45) is 0 Å². The van der Waals surface area contributed by atoms with E-state index in [2.05, 4.69) is 5.32 Å². The quantitative estimate of drug-likeness (QED) is 0.216. The van der Waals surface area contributed by atoms with Gasteiger partial charge in [-0.2, -0.15) is 0 Å². The van der Waals surface area contributed by atoms with Crippen LogP contribution in [0.3, 0.4) is 0 Å². The fraction of sp³-hybridized carbons (Fsp3) is 0.100. The molecule has 0 saturated carbocycles. The first-order valence-corrected chi connectivity index (χ1v) is 12.6. The SMILES string of the molecule is Cc1cccc(N2C(=O)NC(=O)/C(=C\c3c(OCc4ccc(Cl)c(Cl)c4)ccc4ccccc34)C2=O)c1C. The van der Waals surface area contributed by atoms with E-state index in [0.717, 1.165) is 32.4 Å². The van der Waals surface area contributed by atoms with E-state index in [1.807, 2.05) is 50.2 Å². The number of urea groups is 1. The third-order valence-corrected chi connectivity index (χ3v) is 7.26. The minimum atomic E-state index is -0.792. The zero-order valence-electron chi connectivity index (χ0n) is 20.5. The molecule has 1 aliphatic heterocycles. The number of hydrogen-bond acceptors (Lipinski definition) is 4. The average Bonchev–Trinajstić information content (AvgIpc) is 2.90. The highest BCUT2D eigenvalue weighted by atomic mass is 35.5. The van der Waals surface area contributed by atoms with Crippen molar-refractivity contribution >= 4 is 63.6 Å². The number of nitrogens with zero attached hydrogens (tertiary/aromatic N) is 1. The third-order valence-electron chi connectivity index (χ3n) is 6.52. The summed E-state index contributed by atoms with van der Waals surface area (Å²) in [5.74, 6) is -1.03. The van der Waals surface area contributed by atoms with Gasteiger partial charge in [0.25, 0.3) is 11.8 Å². The molecule has 1 saturated heterocycles. The molecule has 1 heterocycles. The Balaban J connectivity index is 1.59. The van der Waals surface area contributed by atoms with Crippen molar-refractivity contribution < 1.29 is 19.1 Å². The normalized spacial score (nSPS) is 14.8. The van der Waals surface area contributed by atoms with Crippen molar-refractivity contribution in [2.75, 3.05) is 4.90 Å². The van der Waals surface area contributed by atoms with E-state index < -0.39 is 17.8 Å². The molecule has 0 spiro atoms. The largest absolute Gasteiger partial charge is 0.488 e. The molecular formula is C30H22Cl2N2O4. The number of barbiturate groups is 1. The number of halogens is 2. The molecule has 0 atom stereocenters. The number of carbonyl (C=O) groups is 3. The lowest BCUT2D eigenvalue weighted by atomic mass is 9.99. The van der Waals surface area contributed by atoms with Crippen molar-refractivity contribution in [1.29, 1.82) is 0 Å². The molecule has 0 radical (unpaired) electrons. The van der Waals surface area contributed by atoms with Crippen LogP contribution >= 0.6 is 23.2 Å². The maximum atomic E-state index is 13.6. The molecule has 0 aliphatic carbocycles. The van der Waals surface area contributed by atoms with Crippen molar-refractivity contribution in [1.82, 2.24) is 5.32 Å². The van der Waals surface area contributed by atoms with Crippen LogP contribution in [0.25, 0.3) is 16.8 Å². The van der Waals surface area contributed by atoms with Gasteiger partial charge in [-0.15, -0.1) is 0 Å². The van der Waals surface area contributed by atoms with Crippen molar-refractivity contribution in [3.63, 3.8) is 0 Å². The number of ether oxygens (including phenoxy) is 1. The summed E-state index contributed by atoms with van der Waals surface area (Å²) in [5.41, 5.74) is 3.25. The average molecular weight is 545 g/mol. The standard InChI is InChI=1S/C30H22Cl2N2O4/c1-17-6-5-9-26(18(17)2)34-29(36)23(28(35)33-30(34)37)15-22-21-8-4-3-7-20(21)11-13-27(22)38-16-19-10-12-24(31)25(32)14-19/h3-15H,16H2,1-2H3,(H,33,35,37)/b23-15+. The monoisotopic (exact) mass is 544 g/mol. The van der Waals surface area contributed by atoms with E-state index in [1.54, 1.807) is 36.4 Å². The minimum absolute atomic E-state index is 0.179. The number of fused-ring (bicyclic) bond motifs is 1. The predicted molar refractivity (Wildman–Crippen MR) is 150 cm³/mol. The summed E-state index contributed by atoms with van der Waals surface area (Å²) < 4.78 is 6.14. The summed E-state index contributed by atoms with van der Waals surface area (Å²) >= 11 is 12.2. The van der Waals surface area contributed by atoms with Gasteiger partial charge in [0.1, 0.15) is 17.9 Å². The first kappa shape index (κ1) is 25.5. The minimum Gasteiger partial charge on any atom is -0.488 e. The second kappa shape index (κ2) is 10.3. The molecule has 4 aromatic carbocycles. The number of anilines is 1. The van der Waals surface area contributed by atoms with Crippen molar-refractivity contribution in [2.45, 2.75) is 20.5 Å². The lowest BCUT2D eigenvalue weighted by Gasteiger charge is -2.28. The number of amides is 4. The number of benzene rings is 4. The smallest absolute Gasteiger partial charge is 0.335 e. The molecule has 8 heteroatoms. The first-order valence-electron chi connectivity index (χ1n) is 11.8. The van der Waals surface area contributed by atoms with E-state index in [-0.39, 0.29) is 12.2 Å². The second-order valence-corrected chi connectivity index (χ2v) is 9.73. The van der Waals surface area contributed by atoms with Gasteiger partial charge in [0.05, 0.1) is 15.7 Å². The lowest BCUT2D eigenvalue weighted by molar-refractivity contribution is -0.122. The molecule has 6 nitrogen and oxygen atoms in total. The summed E-state index contributed by atoms with van der Waals surface area (Å²) in [6, 6.07) is 21.0. The number of nitrogens with one attached hydrogen (secondary N) is 1. The van der Waals surface area contributed by atoms with Crippen LogP contribution in [0.4, 0.5) is 10.5 Å². The van der Waals surface area contributed by atoms with Gasteiger partial charge in [-0.3, -0.25) is 14.9 Å². The van der Waals surface area contributed by atoms with Gasteiger partial charge >= 0.3 is 6.03 Å². The van der Waals surface area contributed by atoms with Crippen LogP contribution < -0.4 is 15.0 Å². The molecule has 1 aliphatic rings. The van der Waals surface area contributed by atoms with Gasteiger partial charge in [-0.05, 0) is 71.7 Å². The van der Waals surface area contributed by atoms with Gasteiger partial charge in [0.2, 0.25) is 0 Å². The predicted octanol–water partition coefficient (Wildman–Crippen LogP) is 7.01. The summed E-state index contributed by atoms with van der Waals surface area (Å²) in [6.07, 6.45) is 1.48. The zero-order chi connectivity index (χ0) is 27.0. The van der Waals surface area contributed by atoms with Crippen LogP contribution in [-0.4, -0.2) is 17.8 Å². The van der Waals surface area contributed by atoms with Crippen molar-refractivity contribution in [3.8, 4) is 5.75 Å². The number of aryl methyl sites for hydroxylation is 1. The Bertz CT molecular complexity index is 1660. The Morgan fingerprint density at radius 2 is 1.68 bits per heavy atom. The van der Waals surface area contributed by atoms with Crippen LogP contribution in [0.2, 0.25) is 10.0 Å². The second-order valence-electron chi connectivity index (χ2n) is 8.91. The van der Waals surface area contributed by atoms with Crippen LogP contribution in [0.1, 0.15) is 22.3 Å². The first-order chi connectivity index (χ1) is 18.2. The summed E-state index contributed by atoms with van der Waals surface area (Å²) in [5, 5.41) is 4.83. The summed E-state index contributed by atoms with van der Waals surface area (Å²) in [7, 11) is 0. The highest BCUT2D eigenvalue weighted by Crippen LogP contribution is 2.33. The molecular weight excluding hydrogens is 523 g/mol. The van der Waals surface area contributed by atoms with Gasteiger partial charge < -0.3 is 4.74 Å². The summed E-state index contributed by atoms with van der Waals surface area (Å²) in [6.45, 7) is 3.89. The highest BCUT2D eigenvalue weighted by Gasteiger charge is 2.37. The molecule has 1 fully saturated rings. The number of hydrogen-bond donors (Lipinski definition) is 1. The fourth-order valence-electron chi connectivity index (χ4n) is 4.34. The third kappa shape index (κ3) is 4.76. The van der Waals surface area contributed by atoms with E-state index in [1.165, 1.54) is 6.08 Å². The van der Waals surface area contributed by atoms with Crippen molar-refractivity contribution in [3.05, 3.63) is 111 Å². The van der Waals surface area contributed by atoms with Crippen LogP contribution in [0.15, 0.2) is 78.4 Å². The van der Waals surface area contributed by atoms with Gasteiger partial charge in [0.15, 0.2) is 0 Å². The zero-order valence-corrected chi connectivity index (χ0v) is 22.1. The Labute approximate surface area is 229 Å². The number of carbonyl (C=O) groups excluding carboxylic acids is 3. The Morgan fingerprint density at radius 3 is 2.47 bits per heavy atom. The van der Waals surface area contributed by atoms with Crippen LogP contribution in [0, 0.1) is 13.8 Å². The maximum Gasteiger partial charge on any atom is 0.335 e. The Morgan fingerprint density at radius 1 is 0.895 bits per heavy atom. The van der Waals surface area contributed by atoms with Gasteiger partial charge in [0, 0.05) is 5.56 Å². The molecule has 190 valence electrons. The lowest BCUT2D eigenvalue weighted by Crippen LogP contribution is -2.54. The van der Waals surface area contributed by atoms with E-state index in [4.69, 9.17) is 27.9 Å². The fourth-order valence-corrected chi connectivity index (χ4v) is 4.66. The van der Waals surface area contributed by atoms with E-state index in [9.17, 15) is 14.4 Å². The molecule has 0 bridgehead atoms. The van der Waals surface area contributed by atoms with E-state index >= 15 is 0 Å². The van der Waals surface area contributed by atoms with Gasteiger partial charge in [-0.1, -0.05) is 71.7 Å². The van der Waals surface area contributed by atoms with E-state index in [0.29, 0.717) is 27.0 Å². The molecule has 0 unspecified atom stereocenters. The highest BCUT2D eigenvalue weighted by molar-refractivity contribution is 6.42. The Kier molecular flexibility index (Phi) is 6.93. The number of rotatable bonds is 5.